The summed E-state index contributed by atoms with van der Waals surface area (Å²) in [5.41, 5.74) is 1.08. The van der Waals surface area contributed by atoms with Crippen molar-refractivity contribution in [3.05, 3.63) is 36.5 Å². The zero-order valence-electron chi connectivity index (χ0n) is 6.30. The molecule has 0 rings (SSSR count). The van der Waals surface area contributed by atoms with Gasteiger partial charge in [0.05, 0.1) is 0 Å². The van der Waals surface area contributed by atoms with Crippen molar-refractivity contribution in [1.82, 2.24) is 0 Å². The van der Waals surface area contributed by atoms with Gasteiger partial charge in [0.2, 0.25) is 0 Å². The van der Waals surface area contributed by atoms with Gasteiger partial charge in [0, 0.05) is 6.42 Å². The summed E-state index contributed by atoms with van der Waals surface area (Å²) >= 11 is 0. The maximum Gasteiger partial charge on any atom is 0.0337 e. The molecule has 0 aromatic heterocycles. The molecule has 0 saturated heterocycles. The van der Waals surface area contributed by atoms with E-state index in [9.17, 15) is 0 Å². The highest BCUT2D eigenvalue weighted by atomic mass is 13.9. The molecule has 0 aliphatic carbocycles. The average Bonchev–Trinajstić information content (AvgIpc) is 1.98. The molecule has 0 spiro atoms. The van der Waals surface area contributed by atoms with Crippen molar-refractivity contribution >= 4 is 0 Å². The van der Waals surface area contributed by atoms with Gasteiger partial charge in [-0.2, -0.15) is 0 Å². The molecule has 0 bridgehead atoms. The van der Waals surface area contributed by atoms with E-state index in [0.29, 0.717) is 6.42 Å². The van der Waals surface area contributed by atoms with Crippen LogP contribution in [0.15, 0.2) is 36.5 Å². The number of hydrogen-bond donors (Lipinski definition) is 0. The Hall–Kier alpha value is -1.22. The molecule has 0 aliphatic rings. The molecule has 52 valence electrons. The van der Waals surface area contributed by atoms with Gasteiger partial charge in [-0.05, 0) is 12.5 Å². The summed E-state index contributed by atoms with van der Waals surface area (Å²) in [5.74, 6) is 2.55. The lowest BCUT2D eigenvalue weighted by Crippen LogP contribution is -1.71. The van der Waals surface area contributed by atoms with Crippen LogP contribution in [0.1, 0.15) is 13.3 Å². The van der Waals surface area contributed by atoms with Gasteiger partial charge in [0.15, 0.2) is 0 Å². The molecule has 0 N–H and O–H groups in total. The van der Waals surface area contributed by atoms with E-state index in [0.717, 1.165) is 5.57 Å². The van der Waals surface area contributed by atoms with Crippen molar-refractivity contribution in [2.75, 3.05) is 0 Å². The quantitative estimate of drug-likeness (QED) is 0.409. The summed E-state index contributed by atoms with van der Waals surface area (Å²) in [6, 6.07) is 0. The fraction of sp³-hybridized carbons (Fsp3) is 0.200. The molecular formula is C10H12. The van der Waals surface area contributed by atoms with Gasteiger partial charge in [0.25, 0.3) is 0 Å². The maximum atomic E-state index is 5.11. The van der Waals surface area contributed by atoms with E-state index in [2.05, 4.69) is 12.5 Å². The third-order valence-corrected chi connectivity index (χ3v) is 1.07. The van der Waals surface area contributed by atoms with Crippen molar-refractivity contribution < 1.29 is 0 Å². The summed E-state index contributed by atoms with van der Waals surface area (Å²) < 4.78 is 0. The Balaban J connectivity index is 4.06. The van der Waals surface area contributed by atoms with E-state index in [4.69, 9.17) is 6.42 Å². The molecule has 0 aliphatic heterocycles. The SMILES string of the molecule is C#CC/C(C=C)=C/C=C\C. The lowest BCUT2D eigenvalue weighted by atomic mass is 10.2. The lowest BCUT2D eigenvalue weighted by Gasteiger charge is -1.89. The van der Waals surface area contributed by atoms with E-state index < -0.39 is 0 Å². The second-order valence-electron chi connectivity index (χ2n) is 1.85. The molecule has 10 heavy (non-hydrogen) atoms. The number of terminal acetylenes is 1. The summed E-state index contributed by atoms with van der Waals surface area (Å²) in [6.45, 7) is 5.60. The highest BCUT2D eigenvalue weighted by Crippen LogP contribution is 2.00. The predicted molar refractivity (Wildman–Crippen MR) is 46.5 cm³/mol. The molecule has 0 atom stereocenters. The smallest absolute Gasteiger partial charge is 0.0337 e. The van der Waals surface area contributed by atoms with E-state index >= 15 is 0 Å². The van der Waals surface area contributed by atoms with Crippen LogP contribution in [0.3, 0.4) is 0 Å². The molecule has 0 aromatic carbocycles. The van der Waals surface area contributed by atoms with Gasteiger partial charge in [-0.3, -0.25) is 0 Å². The van der Waals surface area contributed by atoms with E-state index in [-0.39, 0.29) is 0 Å². The molecule has 0 radical (unpaired) electrons. The number of hydrogen-bond acceptors (Lipinski definition) is 0. The second kappa shape index (κ2) is 5.91. The van der Waals surface area contributed by atoms with Crippen molar-refractivity contribution in [2.45, 2.75) is 13.3 Å². The minimum Gasteiger partial charge on any atom is -0.120 e. The van der Waals surface area contributed by atoms with Gasteiger partial charge < -0.3 is 0 Å². The molecule has 0 saturated carbocycles. The first-order valence-corrected chi connectivity index (χ1v) is 3.23. The van der Waals surface area contributed by atoms with Gasteiger partial charge in [0.1, 0.15) is 0 Å². The van der Waals surface area contributed by atoms with Crippen LogP contribution in [-0.4, -0.2) is 0 Å². The Morgan fingerprint density at radius 2 is 2.40 bits per heavy atom. The van der Waals surface area contributed by atoms with E-state index in [1.807, 2.05) is 25.2 Å². The molecule has 0 amide bonds. The Kier molecular flexibility index (Phi) is 5.19. The van der Waals surface area contributed by atoms with Crippen LogP contribution in [0, 0.1) is 12.3 Å². The van der Waals surface area contributed by atoms with E-state index in [1.54, 1.807) is 6.08 Å². The zero-order valence-corrected chi connectivity index (χ0v) is 6.30. The normalized spacial score (nSPS) is 11.4. The molecular weight excluding hydrogens is 120 g/mol. The van der Waals surface area contributed by atoms with Crippen molar-refractivity contribution in [2.24, 2.45) is 0 Å². The molecule has 0 nitrogen and oxygen atoms in total. The van der Waals surface area contributed by atoms with Crippen LogP contribution in [0.25, 0.3) is 0 Å². The lowest BCUT2D eigenvalue weighted by molar-refractivity contribution is 1.34. The van der Waals surface area contributed by atoms with Gasteiger partial charge in [-0.1, -0.05) is 30.9 Å². The third-order valence-electron chi connectivity index (χ3n) is 1.07. The predicted octanol–water partition coefficient (Wildman–Crippen LogP) is 2.70. The van der Waals surface area contributed by atoms with Gasteiger partial charge in [-0.15, -0.1) is 12.3 Å². The summed E-state index contributed by atoms with van der Waals surface area (Å²) in [6.07, 6.45) is 13.4. The van der Waals surface area contributed by atoms with Crippen LogP contribution in [0.5, 0.6) is 0 Å². The fourth-order valence-corrected chi connectivity index (χ4v) is 0.537. The highest BCUT2D eigenvalue weighted by Gasteiger charge is 1.82. The maximum absolute atomic E-state index is 5.11. The van der Waals surface area contributed by atoms with Crippen molar-refractivity contribution in [3.63, 3.8) is 0 Å². The summed E-state index contributed by atoms with van der Waals surface area (Å²) in [7, 11) is 0. The van der Waals surface area contributed by atoms with Crippen LogP contribution in [0.2, 0.25) is 0 Å². The van der Waals surface area contributed by atoms with Crippen LogP contribution in [0.4, 0.5) is 0 Å². The number of rotatable bonds is 3. The minimum atomic E-state index is 0.661. The van der Waals surface area contributed by atoms with Crippen LogP contribution in [-0.2, 0) is 0 Å². The Labute approximate surface area is 63.0 Å². The molecule has 0 heterocycles. The summed E-state index contributed by atoms with van der Waals surface area (Å²) in [5, 5.41) is 0. The van der Waals surface area contributed by atoms with E-state index in [1.165, 1.54) is 0 Å². The highest BCUT2D eigenvalue weighted by molar-refractivity contribution is 5.25. The topological polar surface area (TPSA) is 0 Å². The Morgan fingerprint density at radius 1 is 1.70 bits per heavy atom. The zero-order chi connectivity index (χ0) is 7.82. The second-order valence-corrected chi connectivity index (χ2v) is 1.85. The summed E-state index contributed by atoms with van der Waals surface area (Å²) in [4.78, 5) is 0. The van der Waals surface area contributed by atoms with Crippen molar-refractivity contribution in [3.8, 4) is 12.3 Å². The number of allylic oxidation sites excluding steroid dienone is 5. The van der Waals surface area contributed by atoms with Crippen LogP contribution < -0.4 is 0 Å². The monoisotopic (exact) mass is 132 g/mol. The third kappa shape index (κ3) is 3.74. The largest absolute Gasteiger partial charge is 0.120 e. The van der Waals surface area contributed by atoms with Crippen molar-refractivity contribution in [1.29, 1.82) is 0 Å². The molecule has 0 fully saturated rings. The first-order chi connectivity index (χ1) is 4.85. The Bertz CT molecular complexity index is 187. The minimum absolute atomic E-state index is 0.661. The van der Waals surface area contributed by atoms with Crippen LogP contribution >= 0.6 is 0 Å². The molecule has 0 heteroatoms. The fourth-order valence-electron chi connectivity index (χ4n) is 0.537. The van der Waals surface area contributed by atoms with Gasteiger partial charge in [-0.25, -0.2) is 0 Å². The molecule has 0 unspecified atom stereocenters. The average molecular weight is 132 g/mol. The standard InChI is InChI=1S/C10H12/c1-4-7-9-10(6-3)8-5-2/h2,4,6-7,9H,3,8H2,1H3/b7-4-,10-9+. The molecule has 0 aromatic rings. The Morgan fingerprint density at radius 3 is 2.80 bits per heavy atom. The first-order valence-electron chi connectivity index (χ1n) is 3.23. The first kappa shape index (κ1) is 8.78. The van der Waals surface area contributed by atoms with Gasteiger partial charge >= 0.3 is 0 Å².